The number of hydrogen-bond acceptors (Lipinski definition) is 4. The fourth-order valence-corrected chi connectivity index (χ4v) is 3.93. The number of carbonyl (C=O) groups is 3. The Labute approximate surface area is 157 Å². The standard InChI is InChI=1S/C21H21N3O3/c1-2-22-21(27)23-17-11-6-12-24(17)16-10-5-9-15-18(16)20(26)14-8-4-3-7-13(14)19(15)25/h3-5,7-10,17H,2,6,11-12H2,1H3,(H2,22,23,27)/t17-/m0/s1. The average molecular weight is 363 g/mol. The Kier molecular flexibility index (Phi) is 4.39. The van der Waals surface area contributed by atoms with Crippen molar-refractivity contribution in [2.24, 2.45) is 0 Å². The number of nitrogens with zero attached hydrogens (tertiary/aromatic N) is 1. The van der Waals surface area contributed by atoms with Crippen molar-refractivity contribution in [1.82, 2.24) is 10.6 Å². The molecule has 0 radical (unpaired) electrons. The zero-order chi connectivity index (χ0) is 19.0. The number of urea groups is 1. The van der Waals surface area contributed by atoms with Crippen LogP contribution in [0, 0.1) is 0 Å². The van der Waals surface area contributed by atoms with Crippen molar-refractivity contribution < 1.29 is 14.4 Å². The van der Waals surface area contributed by atoms with Gasteiger partial charge in [-0.25, -0.2) is 4.79 Å². The van der Waals surface area contributed by atoms with Gasteiger partial charge in [0.2, 0.25) is 0 Å². The van der Waals surface area contributed by atoms with Crippen LogP contribution < -0.4 is 15.5 Å². The van der Waals surface area contributed by atoms with E-state index in [1.807, 2.05) is 17.9 Å². The molecule has 1 aliphatic carbocycles. The molecule has 6 heteroatoms. The number of hydrogen-bond donors (Lipinski definition) is 2. The van der Waals surface area contributed by atoms with E-state index in [0.717, 1.165) is 19.4 Å². The molecule has 0 spiro atoms. The van der Waals surface area contributed by atoms with Gasteiger partial charge in [-0.2, -0.15) is 0 Å². The Balaban J connectivity index is 1.75. The Morgan fingerprint density at radius 2 is 1.74 bits per heavy atom. The predicted molar refractivity (Wildman–Crippen MR) is 102 cm³/mol. The van der Waals surface area contributed by atoms with E-state index in [9.17, 15) is 14.4 Å². The number of fused-ring (bicyclic) bond motifs is 2. The number of carbonyl (C=O) groups excluding carboxylic acids is 3. The molecule has 1 aliphatic heterocycles. The zero-order valence-electron chi connectivity index (χ0n) is 15.1. The summed E-state index contributed by atoms with van der Waals surface area (Å²) < 4.78 is 0. The lowest BCUT2D eigenvalue weighted by Gasteiger charge is -2.31. The third-order valence-electron chi connectivity index (χ3n) is 5.13. The van der Waals surface area contributed by atoms with Crippen LogP contribution in [0.5, 0.6) is 0 Å². The van der Waals surface area contributed by atoms with Crippen LogP contribution in [0.25, 0.3) is 0 Å². The van der Waals surface area contributed by atoms with Gasteiger partial charge in [-0.3, -0.25) is 9.59 Å². The number of rotatable bonds is 3. The van der Waals surface area contributed by atoms with E-state index in [1.165, 1.54) is 0 Å². The van der Waals surface area contributed by atoms with Crippen molar-refractivity contribution in [3.8, 4) is 0 Å². The largest absolute Gasteiger partial charge is 0.351 e. The summed E-state index contributed by atoms with van der Waals surface area (Å²) in [6.45, 7) is 3.13. The lowest BCUT2D eigenvalue weighted by molar-refractivity contribution is 0.0979. The van der Waals surface area contributed by atoms with Gasteiger partial charge in [0, 0.05) is 29.8 Å². The Morgan fingerprint density at radius 3 is 2.48 bits per heavy atom. The highest BCUT2D eigenvalue weighted by atomic mass is 16.2. The molecule has 0 aromatic heterocycles. The van der Waals surface area contributed by atoms with Crippen molar-refractivity contribution in [2.45, 2.75) is 25.9 Å². The minimum atomic E-state index is -0.230. The minimum absolute atomic E-state index is 0.130. The van der Waals surface area contributed by atoms with Crippen molar-refractivity contribution in [1.29, 1.82) is 0 Å². The molecule has 2 aliphatic rings. The summed E-state index contributed by atoms with van der Waals surface area (Å²) in [5.74, 6) is -0.269. The number of amides is 2. The molecule has 2 aromatic rings. The van der Waals surface area contributed by atoms with Gasteiger partial charge in [0.15, 0.2) is 11.6 Å². The normalized spacial score (nSPS) is 18.1. The van der Waals surface area contributed by atoms with Gasteiger partial charge in [0.25, 0.3) is 0 Å². The van der Waals surface area contributed by atoms with E-state index in [1.54, 1.807) is 36.4 Å². The van der Waals surface area contributed by atoms with E-state index in [0.29, 0.717) is 34.5 Å². The first-order valence-electron chi connectivity index (χ1n) is 9.24. The molecule has 1 atom stereocenters. The van der Waals surface area contributed by atoms with Gasteiger partial charge in [-0.15, -0.1) is 0 Å². The molecule has 0 saturated carbocycles. The molecule has 4 rings (SSSR count). The molecule has 27 heavy (non-hydrogen) atoms. The second kappa shape index (κ2) is 6.87. The van der Waals surface area contributed by atoms with E-state index in [4.69, 9.17) is 0 Å². The SMILES string of the molecule is CCNC(=O)N[C@@H]1CCCN1c1cccc2c1C(=O)c1ccccc1C2=O. The number of anilines is 1. The molecule has 2 aromatic carbocycles. The topological polar surface area (TPSA) is 78.5 Å². The van der Waals surface area contributed by atoms with E-state index in [-0.39, 0.29) is 23.8 Å². The first-order valence-corrected chi connectivity index (χ1v) is 9.24. The Bertz CT molecular complexity index is 938. The van der Waals surface area contributed by atoms with Crippen LogP contribution >= 0.6 is 0 Å². The van der Waals surface area contributed by atoms with Gasteiger partial charge < -0.3 is 15.5 Å². The Morgan fingerprint density at radius 1 is 1.04 bits per heavy atom. The van der Waals surface area contributed by atoms with Gasteiger partial charge in [-0.1, -0.05) is 36.4 Å². The fourth-order valence-electron chi connectivity index (χ4n) is 3.93. The average Bonchev–Trinajstić information content (AvgIpc) is 3.13. The van der Waals surface area contributed by atoms with E-state index >= 15 is 0 Å². The molecule has 0 bridgehead atoms. The predicted octanol–water partition coefficient (Wildman–Crippen LogP) is 2.71. The highest BCUT2D eigenvalue weighted by Crippen LogP contribution is 2.36. The molecule has 6 nitrogen and oxygen atoms in total. The maximum absolute atomic E-state index is 13.2. The quantitative estimate of drug-likeness (QED) is 0.750. The second-order valence-electron chi connectivity index (χ2n) is 6.76. The Hall–Kier alpha value is -3.15. The monoisotopic (exact) mass is 363 g/mol. The molecule has 2 amide bonds. The van der Waals surface area contributed by atoms with Gasteiger partial charge in [0.05, 0.1) is 11.3 Å². The van der Waals surface area contributed by atoms with Crippen molar-refractivity contribution >= 4 is 23.3 Å². The van der Waals surface area contributed by atoms with Crippen LogP contribution in [-0.2, 0) is 0 Å². The summed E-state index contributed by atoms with van der Waals surface area (Å²) in [4.78, 5) is 40.1. The second-order valence-corrected chi connectivity index (χ2v) is 6.76. The summed E-state index contributed by atoms with van der Waals surface area (Å²) in [7, 11) is 0. The van der Waals surface area contributed by atoms with Crippen LogP contribution in [0.1, 0.15) is 51.6 Å². The first-order chi connectivity index (χ1) is 13.1. The summed E-state index contributed by atoms with van der Waals surface area (Å²) in [6.07, 6.45) is 1.49. The molecular weight excluding hydrogens is 342 g/mol. The minimum Gasteiger partial charge on any atom is -0.351 e. The maximum atomic E-state index is 13.2. The number of ketones is 2. The fraction of sp³-hybridized carbons (Fsp3) is 0.286. The zero-order valence-corrected chi connectivity index (χ0v) is 15.1. The molecular formula is C21H21N3O3. The molecule has 0 unspecified atom stereocenters. The van der Waals surface area contributed by atoms with Crippen LogP contribution in [0.4, 0.5) is 10.5 Å². The summed E-state index contributed by atoms with van der Waals surface area (Å²) in [5, 5.41) is 5.70. The van der Waals surface area contributed by atoms with Gasteiger partial charge >= 0.3 is 6.03 Å². The third kappa shape index (κ3) is 2.87. The van der Waals surface area contributed by atoms with Crippen molar-refractivity contribution in [3.05, 3.63) is 64.7 Å². The van der Waals surface area contributed by atoms with Crippen LogP contribution in [-0.4, -0.2) is 36.9 Å². The maximum Gasteiger partial charge on any atom is 0.316 e. The van der Waals surface area contributed by atoms with E-state index in [2.05, 4.69) is 10.6 Å². The lowest BCUT2D eigenvalue weighted by Crippen LogP contribution is -2.49. The van der Waals surface area contributed by atoms with Crippen molar-refractivity contribution in [3.63, 3.8) is 0 Å². The molecule has 138 valence electrons. The lowest BCUT2D eigenvalue weighted by atomic mass is 9.83. The third-order valence-corrected chi connectivity index (χ3v) is 5.13. The summed E-state index contributed by atoms with van der Waals surface area (Å²) in [6, 6.07) is 12.1. The summed E-state index contributed by atoms with van der Waals surface area (Å²) in [5.41, 5.74) is 2.46. The van der Waals surface area contributed by atoms with Crippen molar-refractivity contribution in [2.75, 3.05) is 18.0 Å². The molecule has 1 fully saturated rings. The van der Waals surface area contributed by atoms with Crippen LogP contribution in [0.15, 0.2) is 42.5 Å². The molecule has 1 heterocycles. The summed E-state index contributed by atoms with van der Waals surface area (Å²) >= 11 is 0. The van der Waals surface area contributed by atoms with Crippen LogP contribution in [0.3, 0.4) is 0 Å². The molecule has 2 N–H and O–H groups in total. The molecule has 1 saturated heterocycles. The smallest absolute Gasteiger partial charge is 0.316 e. The van der Waals surface area contributed by atoms with Gasteiger partial charge in [0.1, 0.15) is 6.17 Å². The van der Waals surface area contributed by atoms with Crippen LogP contribution in [0.2, 0.25) is 0 Å². The van der Waals surface area contributed by atoms with E-state index < -0.39 is 0 Å². The number of benzene rings is 2. The number of nitrogens with one attached hydrogen (secondary N) is 2. The van der Waals surface area contributed by atoms with Gasteiger partial charge in [-0.05, 0) is 25.8 Å². The highest BCUT2D eigenvalue weighted by molar-refractivity contribution is 6.30. The first kappa shape index (κ1) is 17.3. The highest BCUT2D eigenvalue weighted by Gasteiger charge is 2.35.